The molecule has 1 fully saturated rings. The molecule has 0 aromatic rings. The Bertz CT molecular complexity index is 260. The summed E-state index contributed by atoms with van der Waals surface area (Å²) in [6, 6.07) is 0.524. The molecule has 4 heteroatoms. The van der Waals surface area contributed by atoms with Crippen molar-refractivity contribution in [3.8, 4) is 0 Å². The minimum absolute atomic E-state index is 0.164. The van der Waals surface area contributed by atoms with Gasteiger partial charge in [-0.05, 0) is 18.4 Å². The summed E-state index contributed by atoms with van der Waals surface area (Å²) in [4.78, 5) is 15.6. The predicted octanol–water partition coefficient (Wildman–Crippen LogP) is 1.77. The maximum Gasteiger partial charge on any atom is 0.319 e. The van der Waals surface area contributed by atoms with Crippen LogP contribution in [0, 0.1) is 5.41 Å². The van der Waals surface area contributed by atoms with Gasteiger partial charge in [0.2, 0.25) is 0 Å². The third-order valence-electron chi connectivity index (χ3n) is 3.39. The monoisotopic (exact) mass is 241 g/mol. The number of likely N-dealkylation sites (N-methyl/N-ethyl adjacent to an activating group) is 1. The zero-order chi connectivity index (χ0) is 13.1. The second-order valence-electron chi connectivity index (χ2n) is 6.02. The fourth-order valence-corrected chi connectivity index (χ4v) is 2.06. The maximum atomic E-state index is 11.9. The molecule has 0 spiro atoms. The second kappa shape index (κ2) is 5.71. The number of carbonyl (C=O) groups excluding carboxylic acids is 1. The quantitative estimate of drug-likeness (QED) is 0.796. The van der Waals surface area contributed by atoms with Crippen molar-refractivity contribution < 1.29 is 4.79 Å². The maximum absolute atomic E-state index is 11.9. The van der Waals surface area contributed by atoms with Gasteiger partial charge < -0.3 is 15.1 Å². The zero-order valence-electron chi connectivity index (χ0n) is 11.9. The second-order valence-corrected chi connectivity index (χ2v) is 6.02. The van der Waals surface area contributed by atoms with Crippen LogP contribution in [0.1, 0.15) is 34.1 Å². The van der Waals surface area contributed by atoms with Crippen molar-refractivity contribution in [1.29, 1.82) is 0 Å². The van der Waals surface area contributed by atoms with Crippen molar-refractivity contribution in [2.24, 2.45) is 5.41 Å². The van der Waals surface area contributed by atoms with Gasteiger partial charge in [0.25, 0.3) is 0 Å². The van der Waals surface area contributed by atoms with E-state index < -0.39 is 0 Å². The Hall–Kier alpha value is -0.770. The van der Waals surface area contributed by atoms with Crippen LogP contribution >= 0.6 is 0 Å². The van der Waals surface area contributed by atoms with Crippen LogP contribution in [0.15, 0.2) is 0 Å². The Morgan fingerprint density at radius 3 is 2.41 bits per heavy atom. The molecule has 1 saturated heterocycles. The molecule has 0 aromatic carbocycles. The molecule has 0 radical (unpaired) electrons. The lowest BCUT2D eigenvalue weighted by atomic mass is 9.86. The fourth-order valence-electron chi connectivity index (χ4n) is 2.06. The Morgan fingerprint density at radius 2 is 2.00 bits per heavy atom. The number of amides is 2. The van der Waals surface area contributed by atoms with E-state index in [1.807, 2.05) is 11.9 Å². The van der Waals surface area contributed by atoms with E-state index in [4.69, 9.17) is 0 Å². The highest BCUT2D eigenvalue weighted by Gasteiger charge is 2.31. The molecule has 0 bridgehead atoms. The van der Waals surface area contributed by atoms with Crippen molar-refractivity contribution >= 4 is 6.03 Å². The highest BCUT2D eigenvalue weighted by atomic mass is 16.2. The summed E-state index contributed by atoms with van der Waals surface area (Å²) in [5.74, 6) is 0. The SMILES string of the molecule is CCCNC(CN1CCN(C)C1=O)C(C)(C)C. The molecular weight excluding hydrogens is 214 g/mol. The normalized spacial score (nSPS) is 19.0. The molecule has 0 aromatic heterocycles. The van der Waals surface area contributed by atoms with Gasteiger partial charge in [0, 0.05) is 32.7 Å². The molecule has 4 nitrogen and oxygen atoms in total. The Kier molecular flexibility index (Phi) is 4.80. The van der Waals surface area contributed by atoms with Crippen LogP contribution in [0.25, 0.3) is 0 Å². The van der Waals surface area contributed by atoms with Gasteiger partial charge in [-0.2, -0.15) is 0 Å². The number of nitrogens with one attached hydrogen (secondary N) is 1. The smallest absolute Gasteiger partial charge is 0.319 e. The van der Waals surface area contributed by atoms with E-state index in [9.17, 15) is 4.79 Å². The largest absolute Gasteiger partial charge is 0.326 e. The average Bonchev–Trinajstić information content (AvgIpc) is 2.54. The number of rotatable bonds is 5. The zero-order valence-corrected chi connectivity index (χ0v) is 11.9. The van der Waals surface area contributed by atoms with Crippen molar-refractivity contribution in [3.05, 3.63) is 0 Å². The topological polar surface area (TPSA) is 35.6 Å². The summed E-state index contributed by atoms with van der Waals surface area (Å²) in [6.07, 6.45) is 1.13. The van der Waals surface area contributed by atoms with Crippen molar-refractivity contribution in [1.82, 2.24) is 15.1 Å². The van der Waals surface area contributed by atoms with E-state index in [0.29, 0.717) is 6.04 Å². The van der Waals surface area contributed by atoms with Gasteiger partial charge in [-0.3, -0.25) is 0 Å². The van der Waals surface area contributed by atoms with Crippen molar-refractivity contribution in [3.63, 3.8) is 0 Å². The van der Waals surface area contributed by atoms with E-state index in [1.54, 1.807) is 4.90 Å². The van der Waals surface area contributed by atoms with Gasteiger partial charge in [0.1, 0.15) is 0 Å². The van der Waals surface area contributed by atoms with Crippen LogP contribution in [0.4, 0.5) is 4.79 Å². The molecule has 1 N–H and O–H groups in total. The molecule has 1 heterocycles. The number of urea groups is 1. The molecule has 100 valence electrons. The molecule has 1 rings (SSSR count). The van der Waals surface area contributed by atoms with Crippen LogP contribution in [0.3, 0.4) is 0 Å². The summed E-state index contributed by atoms with van der Waals surface area (Å²) in [5.41, 5.74) is 0.177. The predicted molar refractivity (Wildman–Crippen MR) is 71.1 cm³/mol. The minimum atomic E-state index is 0.164. The molecular formula is C13H27N3O. The lowest BCUT2D eigenvalue weighted by Crippen LogP contribution is -2.49. The third kappa shape index (κ3) is 3.87. The number of hydrogen-bond acceptors (Lipinski definition) is 2. The molecule has 0 saturated carbocycles. The van der Waals surface area contributed by atoms with Gasteiger partial charge in [-0.15, -0.1) is 0 Å². The summed E-state index contributed by atoms with van der Waals surface area (Å²) in [7, 11) is 1.87. The first kappa shape index (κ1) is 14.3. The van der Waals surface area contributed by atoms with Gasteiger partial charge >= 0.3 is 6.03 Å². The van der Waals surface area contributed by atoms with E-state index in [1.165, 1.54) is 0 Å². The first-order chi connectivity index (χ1) is 7.86. The molecule has 2 amide bonds. The van der Waals surface area contributed by atoms with Crippen LogP contribution in [0.5, 0.6) is 0 Å². The van der Waals surface area contributed by atoms with Crippen LogP contribution < -0.4 is 5.32 Å². The summed E-state index contributed by atoms with van der Waals surface area (Å²) in [5, 5.41) is 3.56. The van der Waals surface area contributed by atoms with Crippen LogP contribution in [-0.2, 0) is 0 Å². The average molecular weight is 241 g/mol. The number of hydrogen-bond donors (Lipinski definition) is 1. The van der Waals surface area contributed by atoms with Gasteiger partial charge in [0.15, 0.2) is 0 Å². The molecule has 1 unspecified atom stereocenters. The van der Waals surface area contributed by atoms with Gasteiger partial charge in [-0.1, -0.05) is 27.7 Å². The summed E-state index contributed by atoms with van der Waals surface area (Å²) >= 11 is 0. The standard InChI is InChI=1S/C13H27N3O/c1-6-7-14-11(13(2,3)4)10-16-9-8-15(5)12(16)17/h11,14H,6-10H2,1-5H3. The Labute approximate surface area is 105 Å². The highest BCUT2D eigenvalue weighted by Crippen LogP contribution is 2.21. The van der Waals surface area contributed by atoms with E-state index in [2.05, 4.69) is 33.0 Å². The lowest BCUT2D eigenvalue weighted by molar-refractivity contribution is 0.174. The first-order valence-corrected chi connectivity index (χ1v) is 6.59. The summed E-state index contributed by atoms with van der Waals surface area (Å²) < 4.78 is 0. The minimum Gasteiger partial charge on any atom is -0.326 e. The van der Waals surface area contributed by atoms with Crippen molar-refractivity contribution in [2.45, 2.75) is 40.2 Å². The van der Waals surface area contributed by atoms with Gasteiger partial charge in [0.05, 0.1) is 0 Å². The van der Waals surface area contributed by atoms with E-state index >= 15 is 0 Å². The fraction of sp³-hybridized carbons (Fsp3) is 0.923. The highest BCUT2D eigenvalue weighted by molar-refractivity contribution is 5.76. The molecule has 1 atom stereocenters. The molecule has 1 aliphatic heterocycles. The third-order valence-corrected chi connectivity index (χ3v) is 3.39. The summed E-state index contributed by atoms with van der Waals surface area (Å²) in [6.45, 7) is 12.4. The molecule has 0 aliphatic carbocycles. The van der Waals surface area contributed by atoms with Crippen molar-refractivity contribution in [2.75, 3.05) is 33.2 Å². The van der Waals surface area contributed by atoms with Gasteiger partial charge in [-0.25, -0.2) is 4.79 Å². The molecule has 17 heavy (non-hydrogen) atoms. The number of nitrogens with zero attached hydrogens (tertiary/aromatic N) is 2. The Balaban J connectivity index is 2.57. The van der Waals surface area contributed by atoms with E-state index in [-0.39, 0.29) is 11.4 Å². The Morgan fingerprint density at radius 1 is 1.35 bits per heavy atom. The van der Waals surface area contributed by atoms with E-state index in [0.717, 1.165) is 32.6 Å². The van der Waals surface area contributed by atoms with Crippen LogP contribution in [0.2, 0.25) is 0 Å². The molecule has 1 aliphatic rings. The number of carbonyl (C=O) groups is 1. The van der Waals surface area contributed by atoms with Crippen LogP contribution in [-0.4, -0.2) is 55.1 Å². The lowest BCUT2D eigenvalue weighted by Gasteiger charge is -2.34. The first-order valence-electron chi connectivity index (χ1n) is 6.59.